The van der Waals surface area contributed by atoms with Crippen molar-refractivity contribution in [1.29, 1.82) is 0 Å². The van der Waals surface area contributed by atoms with Crippen LogP contribution in [0.2, 0.25) is 0 Å². The van der Waals surface area contributed by atoms with E-state index >= 15 is 0 Å². The van der Waals surface area contributed by atoms with Gasteiger partial charge in [0, 0.05) is 11.8 Å². The molecule has 3 rings (SSSR count). The highest BCUT2D eigenvalue weighted by Gasteiger charge is 2.37. The Morgan fingerprint density at radius 1 is 1.21 bits per heavy atom. The van der Waals surface area contributed by atoms with Gasteiger partial charge in [0.25, 0.3) is 0 Å². The normalized spacial score (nSPS) is 17.9. The van der Waals surface area contributed by atoms with Gasteiger partial charge in [-0.2, -0.15) is 4.98 Å². The molecule has 1 aromatic carbocycles. The molecule has 6 nitrogen and oxygen atoms in total. The molecular weight excluding hydrogens is 359 g/mol. The number of nitrogens with zero attached hydrogens (tertiary/aromatic N) is 3. The van der Waals surface area contributed by atoms with Crippen LogP contribution in [-0.4, -0.2) is 28.7 Å². The van der Waals surface area contributed by atoms with Gasteiger partial charge >= 0.3 is 6.09 Å². The quantitative estimate of drug-likeness (QED) is 0.765. The van der Waals surface area contributed by atoms with Gasteiger partial charge in [-0.3, -0.25) is 4.90 Å². The molecule has 2 aromatic rings. The van der Waals surface area contributed by atoms with E-state index in [0.29, 0.717) is 23.9 Å². The van der Waals surface area contributed by atoms with Crippen LogP contribution >= 0.6 is 0 Å². The molecule has 1 N–H and O–H groups in total. The minimum Gasteiger partial charge on any atom is -0.447 e. The zero-order valence-electron chi connectivity index (χ0n) is 16.9. The summed E-state index contributed by atoms with van der Waals surface area (Å²) in [5.41, 5.74) is 1.50. The molecular formula is C21H27FN4O2. The first-order valence-electron chi connectivity index (χ1n) is 9.62. The number of benzene rings is 1. The molecule has 7 heteroatoms. The molecule has 1 aromatic heterocycles. The first-order valence-corrected chi connectivity index (χ1v) is 9.62. The molecule has 0 spiro atoms. The Balaban J connectivity index is 1.80. The van der Waals surface area contributed by atoms with E-state index in [2.05, 4.69) is 15.3 Å². The third kappa shape index (κ3) is 4.08. The molecule has 0 saturated carbocycles. The molecule has 28 heavy (non-hydrogen) atoms. The largest absolute Gasteiger partial charge is 0.447 e. The second kappa shape index (κ2) is 8.12. The fourth-order valence-corrected chi connectivity index (χ4v) is 3.27. The number of amides is 1. The van der Waals surface area contributed by atoms with Gasteiger partial charge < -0.3 is 10.1 Å². The van der Waals surface area contributed by atoms with Crippen molar-refractivity contribution < 1.29 is 13.9 Å². The Hall–Kier alpha value is -2.70. The van der Waals surface area contributed by atoms with E-state index in [1.54, 1.807) is 29.3 Å². The summed E-state index contributed by atoms with van der Waals surface area (Å²) < 4.78 is 19.7. The molecule has 2 heterocycles. The maximum atomic E-state index is 14.5. The molecule has 1 amide bonds. The van der Waals surface area contributed by atoms with E-state index in [4.69, 9.17) is 4.74 Å². The molecule has 0 bridgehead atoms. The van der Waals surface area contributed by atoms with Crippen molar-refractivity contribution >= 4 is 17.9 Å². The van der Waals surface area contributed by atoms with Gasteiger partial charge in [0.2, 0.25) is 5.95 Å². The smallest absolute Gasteiger partial charge is 0.415 e. The lowest BCUT2D eigenvalue weighted by Gasteiger charge is -2.24. The van der Waals surface area contributed by atoms with Crippen LogP contribution in [0.4, 0.5) is 21.0 Å². The number of aromatic nitrogens is 2. The zero-order valence-corrected chi connectivity index (χ0v) is 16.9. The number of rotatable bonds is 6. The van der Waals surface area contributed by atoms with Gasteiger partial charge in [-0.15, -0.1) is 0 Å². The Morgan fingerprint density at radius 3 is 2.61 bits per heavy atom. The van der Waals surface area contributed by atoms with E-state index in [1.807, 2.05) is 40.7 Å². The standard InChI is InChI=1S/C21H27FN4O2/c1-12(2)15-6-7-16(17(22)10-15)14(5)24-20-23-9-8-19(25-20)26-18(13(3)4)11-28-21(26)27/h6-10,12-14,18H,11H2,1-5H3,(H,23,24,25)/t14-,18+/m0/s1. The van der Waals surface area contributed by atoms with Crippen molar-refractivity contribution in [3.63, 3.8) is 0 Å². The molecule has 1 saturated heterocycles. The Morgan fingerprint density at radius 2 is 1.96 bits per heavy atom. The number of cyclic esters (lactones) is 1. The van der Waals surface area contributed by atoms with E-state index in [-0.39, 0.29) is 29.7 Å². The van der Waals surface area contributed by atoms with E-state index in [1.165, 1.54) is 0 Å². The molecule has 150 valence electrons. The summed E-state index contributed by atoms with van der Waals surface area (Å²) in [5, 5.41) is 3.13. The average molecular weight is 386 g/mol. The van der Waals surface area contributed by atoms with Gasteiger partial charge in [-0.05, 0) is 36.5 Å². The summed E-state index contributed by atoms with van der Waals surface area (Å²) >= 11 is 0. The Labute approximate surface area is 165 Å². The van der Waals surface area contributed by atoms with Crippen molar-refractivity contribution in [2.75, 3.05) is 16.8 Å². The number of ether oxygens (including phenoxy) is 1. The van der Waals surface area contributed by atoms with E-state index in [0.717, 1.165) is 5.56 Å². The number of carbonyl (C=O) groups excluding carboxylic acids is 1. The van der Waals surface area contributed by atoms with Crippen LogP contribution in [0, 0.1) is 11.7 Å². The number of carbonyl (C=O) groups is 1. The van der Waals surface area contributed by atoms with E-state index in [9.17, 15) is 9.18 Å². The van der Waals surface area contributed by atoms with Crippen LogP contribution in [0.1, 0.15) is 57.7 Å². The van der Waals surface area contributed by atoms with Gasteiger partial charge in [-0.25, -0.2) is 14.2 Å². The third-order valence-electron chi connectivity index (χ3n) is 5.07. The molecule has 1 aliphatic rings. The third-order valence-corrected chi connectivity index (χ3v) is 5.07. The van der Waals surface area contributed by atoms with Crippen LogP contribution in [-0.2, 0) is 4.74 Å². The summed E-state index contributed by atoms with van der Waals surface area (Å²) in [6.45, 7) is 10.3. The van der Waals surface area contributed by atoms with Crippen LogP contribution in [0.3, 0.4) is 0 Å². The van der Waals surface area contributed by atoms with Crippen LogP contribution in [0.15, 0.2) is 30.5 Å². The SMILES string of the molecule is CC(C)c1ccc([C@H](C)Nc2nccc(N3C(=O)OC[C@@H]3C(C)C)n2)c(F)c1. The molecule has 0 radical (unpaired) electrons. The molecule has 1 aliphatic heterocycles. The second-order valence-electron chi connectivity index (χ2n) is 7.80. The first-order chi connectivity index (χ1) is 13.3. The molecule has 1 fully saturated rings. The van der Waals surface area contributed by atoms with Gasteiger partial charge in [0.15, 0.2) is 0 Å². The highest BCUT2D eigenvalue weighted by molar-refractivity contribution is 5.89. The van der Waals surface area contributed by atoms with Crippen molar-refractivity contribution in [3.05, 3.63) is 47.4 Å². The predicted octanol–water partition coefficient (Wildman–Crippen LogP) is 4.89. The van der Waals surface area contributed by atoms with Gasteiger partial charge in [-0.1, -0.05) is 39.8 Å². The highest BCUT2D eigenvalue weighted by Crippen LogP contribution is 2.27. The van der Waals surface area contributed by atoms with E-state index < -0.39 is 6.09 Å². The Bertz CT molecular complexity index is 856. The maximum Gasteiger partial charge on any atom is 0.415 e. The zero-order chi connectivity index (χ0) is 20.4. The maximum absolute atomic E-state index is 14.5. The summed E-state index contributed by atoms with van der Waals surface area (Å²) in [7, 11) is 0. The van der Waals surface area contributed by atoms with Crippen molar-refractivity contribution in [3.8, 4) is 0 Å². The number of hydrogen-bond acceptors (Lipinski definition) is 5. The fraction of sp³-hybridized carbons (Fsp3) is 0.476. The first kappa shape index (κ1) is 20.0. The monoisotopic (exact) mass is 386 g/mol. The topological polar surface area (TPSA) is 67.4 Å². The van der Waals surface area contributed by atoms with Crippen molar-refractivity contribution in [1.82, 2.24) is 9.97 Å². The lowest BCUT2D eigenvalue weighted by Crippen LogP contribution is -2.37. The van der Waals surface area contributed by atoms with Crippen molar-refractivity contribution in [2.45, 2.75) is 52.6 Å². The van der Waals surface area contributed by atoms with Gasteiger partial charge in [0.05, 0.1) is 12.1 Å². The molecule has 2 atom stereocenters. The summed E-state index contributed by atoms with van der Waals surface area (Å²) in [5.74, 6) is 1.04. The van der Waals surface area contributed by atoms with Crippen LogP contribution in [0.5, 0.6) is 0 Å². The lowest BCUT2D eigenvalue weighted by atomic mass is 9.99. The van der Waals surface area contributed by atoms with Crippen LogP contribution in [0.25, 0.3) is 0 Å². The number of hydrogen-bond donors (Lipinski definition) is 1. The number of halogens is 1. The fourth-order valence-electron chi connectivity index (χ4n) is 3.27. The van der Waals surface area contributed by atoms with Gasteiger partial charge in [0.1, 0.15) is 18.2 Å². The average Bonchev–Trinajstić information content (AvgIpc) is 3.03. The number of anilines is 2. The molecule has 0 aliphatic carbocycles. The van der Waals surface area contributed by atoms with Crippen molar-refractivity contribution in [2.24, 2.45) is 5.92 Å². The number of nitrogens with one attached hydrogen (secondary N) is 1. The lowest BCUT2D eigenvalue weighted by molar-refractivity contribution is 0.177. The molecule has 0 unspecified atom stereocenters. The summed E-state index contributed by atoms with van der Waals surface area (Å²) in [6.07, 6.45) is 1.17. The second-order valence-corrected chi connectivity index (χ2v) is 7.80. The minimum absolute atomic E-state index is 0.0753. The van der Waals surface area contributed by atoms with Crippen LogP contribution < -0.4 is 10.2 Å². The minimum atomic E-state index is -0.410. The highest BCUT2D eigenvalue weighted by atomic mass is 19.1. The Kier molecular flexibility index (Phi) is 5.82. The summed E-state index contributed by atoms with van der Waals surface area (Å²) in [6, 6.07) is 6.57. The summed E-state index contributed by atoms with van der Waals surface area (Å²) in [4.78, 5) is 22.4. The predicted molar refractivity (Wildman–Crippen MR) is 107 cm³/mol.